The minimum absolute atomic E-state index is 0.215. The van der Waals surface area contributed by atoms with Crippen molar-refractivity contribution in [1.29, 1.82) is 10.5 Å². The Morgan fingerprint density at radius 1 is 1.38 bits per heavy atom. The molecule has 0 fully saturated rings. The molecule has 73 valence electrons. The Morgan fingerprint density at radius 2 is 2.00 bits per heavy atom. The molecule has 0 aromatic carbocycles. The summed E-state index contributed by atoms with van der Waals surface area (Å²) >= 11 is 0.215. The van der Waals surface area contributed by atoms with Crippen LogP contribution in [0, 0.1) is 20.5 Å². The first-order valence-corrected chi connectivity index (χ1v) is 4.77. The molecule has 0 spiro atoms. The van der Waals surface area contributed by atoms with Gasteiger partial charge in [0.25, 0.3) is 0 Å². The Labute approximate surface area is 85.0 Å². The van der Waals surface area contributed by atoms with Crippen molar-refractivity contribution in [2.45, 2.75) is 6.92 Å². The second-order valence-corrected chi connectivity index (χ2v) is 3.06. The Hall–Kier alpha value is -1.17. The molecule has 0 aliphatic carbocycles. The SMILES string of the molecule is CCN1C=CN(C)C1.N#[C][Co][C]#N. The molecule has 1 heterocycles. The molecule has 1 rings (SSSR count). The van der Waals surface area contributed by atoms with Crippen LogP contribution >= 0.6 is 0 Å². The zero-order valence-corrected chi connectivity index (χ0v) is 8.73. The molecule has 0 unspecified atom stereocenters. The van der Waals surface area contributed by atoms with E-state index >= 15 is 0 Å². The Balaban J connectivity index is 0.000000252. The van der Waals surface area contributed by atoms with Crippen molar-refractivity contribution in [1.82, 2.24) is 9.80 Å². The van der Waals surface area contributed by atoms with E-state index in [1.54, 1.807) is 10.0 Å². The van der Waals surface area contributed by atoms with Gasteiger partial charge in [-0.2, -0.15) is 0 Å². The van der Waals surface area contributed by atoms with Gasteiger partial charge in [0, 0.05) is 26.0 Å². The predicted octanol–water partition coefficient (Wildman–Crippen LogP) is 0.713. The first-order valence-electron chi connectivity index (χ1n) is 3.73. The summed E-state index contributed by atoms with van der Waals surface area (Å²) in [6.45, 7) is 4.32. The fourth-order valence-corrected chi connectivity index (χ4v) is 0.863. The van der Waals surface area contributed by atoms with Gasteiger partial charge in [-0.05, 0) is 6.92 Å². The predicted molar refractivity (Wildman–Crippen MR) is 45.4 cm³/mol. The normalized spacial score (nSPS) is 13.2. The number of hydrogen-bond acceptors (Lipinski definition) is 4. The monoisotopic (exact) mass is 223 g/mol. The van der Waals surface area contributed by atoms with Crippen LogP contribution in [0.25, 0.3) is 0 Å². The molecule has 1 aliphatic heterocycles. The summed E-state index contributed by atoms with van der Waals surface area (Å²) in [5.41, 5.74) is 0. The zero-order chi connectivity index (χ0) is 10.1. The summed E-state index contributed by atoms with van der Waals surface area (Å²) in [5, 5.41) is 18.4. The molecule has 13 heavy (non-hydrogen) atoms. The van der Waals surface area contributed by atoms with Crippen LogP contribution in [0.2, 0.25) is 0 Å². The molecule has 0 N–H and O–H groups in total. The number of rotatable bonds is 1. The summed E-state index contributed by atoms with van der Waals surface area (Å²) in [7, 11) is 2.08. The third-order valence-electron chi connectivity index (χ3n) is 1.42. The van der Waals surface area contributed by atoms with E-state index in [-0.39, 0.29) is 14.7 Å². The van der Waals surface area contributed by atoms with Crippen molar-refractivity contribution in [3.63, 3.8) is 0 Å². The summed E-state index contributed by atoms with van der Waals surface area (Å²) in [6, 6.07) is 0. The Bertz CT molecular complexity index is 226. The molecule has 0 aromatic heterocycles. The van der Waals surface area contributed by atoms with E-state index in [9.17, 15) is 0 Å². The summed E-state index contributed by atoms with van der Waals surface area (Å²) in [5.74, 6) is 0. The molecule has 0 aromatic rings. The van der Waals surface area contributed by atoms with E-state index in [4.69, 9.17) is 10.5 Å². The van der Waals surface area contributed by atoms with Crippen LogP contribution in [0.15, 0.2) is 12.4 Å². The van der Waals surface area contributed by atoms with E-state index in [1.807, 2.05) is 0 Å². The third-order valence-corrected chi connectivity index (χ3v) is 1.65. The van der Waals surface area contributed by atoms with Crippen molar-refractivity contribution < 1.29 is 14.7 Å². The van der Waals surface area contributed by atoms with Crippen LogP contribution in [-0.4, -0.2) is 30.1 Å². The quantitative estimate of drug-likeness (QED) is 0.657. The van der Waals surface area contributed by atoms with Gasteiger partial charge in [-0.3, -0.25) is 0 Å². The van der Waals surface area contributed by atoms with Crippen molar-refractivity contribution in [2.75, 3.05) is 20.3 Å². The van der Waals surface area contributed by atoms with E-state index in [0.29, 0.717) is 0 Å². The van der Waals surface area contributed by atoms with Gasteiger partial charge in [0.2, 0.25) is 0 Å². The standard InChI is InChI=1S/C6H12N2.2CN.Co/c1-3-8-5-4-7(2)6-8;2*1-2;/h4-5H,3,6H2,1-2H3;;;. The van der Waals surface area contributed by atoms with Crippen LogP contribution in [0.1, 0.15) is 6.92 Å². The third kappa shape index (κ3) is 6.03. The van der Waals surface area contributed by atoms with Gasteiger partial charge in [0.05, 0.1) is 6.67 Å². The first-order chi connectivity index (χ1) is 6.24. The molecule has 0 radical (unpaired) electrons. The fourth-order valence-electron chi connectivity index (χ4n) is 0.811. The zero-order valence-electron chi connectivity index (χ0n) is 7.69. The van der Waals surface area contributed by atoms with Gasteiger partial charge >= 0.3 is 35.2 Å². The second kappa shape index (κ2) is 7.47. The molecule has 1 aliphatic rings. The first kappa shape index (κ1) is 11.8. The van der Waals surface area contributed by atoms with Gasteiger partial charge in [-0.1, -0.05) is 0 Å². The molecule has 0 amide bonds. The van der Waals surface area contributed by atoms with Gasteiger partial charge in [0.15, 0.2) is 0 Å². The molecular formula is C8H12CoN4. The topological polar surface area (TPSA) is 54.1 Å². The van der Waals surface area contributed by atoms with Gasteiger partial charge in [0.1, 0.15) is 0 Å². The summed E-state index contributed by atoms with van der Waals surface area (Å²) in [4.78, 5) is 4.41. The number of hydrogen-bond donors (Lipinski definition) is 0. The Kier molecular flexibility index (Phi) is 6.80. The molecule has 0 bridgehead atoms. The van der Waals surface area contributed by atoms with Gasteiger partial charge < -0.3 is 9.80 Å². The average molecular weight is 223 g/mol. The molecule has 0 saturated heterocycles. The Morgan fingerprint density at radius 3 is 2.15 bits per heavy atom. The fraction of sp³-hybridized carbons (Fsp3) is 0.500. The second-order valence-electron chi connectivity index (χ2n) is 2.33. The summed E-state index contributed by atoms with van der Waals surface area (Å²) in [6.07, 6.45) is 4.20. The molecular weight excluding hydrogens is 211 g/mol. The van der Waals surface area contributed by atoms with Gasteiger partial charge in [-0.25, -0.2) is 0 Å². The summed E-state index contributed by atoms with van der Waals surface area (Å²) < 4.78 is 0. The van der Waals surface area contributed by atoms with E-state index in [0.717, 1.165) is 13.2 Å². The molecule has 0 saturated carbocycles. The minimum atomic E-state index is 0.215. The van der Waals surface area contributed by atoms with Crippen LogP contribution in [0.5, 0.6) is 0 Å². The van der Waals surface area contributed by atoms with Crippen molar-refractivity contribution in [3.05, 3.63) is 12.4 Å². The van der Waals surface area contributed by atoms with Crippen LogP contribution < -0.4 is 0 Å². The van der Waals surface area contributed by atoms with Crippen LogP contribution in [-0.2, 0) is 14.7 Å². The van der Waals surface area contributed by atoms with E-state index < -0.39 is 0 Å². The maximum atomic E-state index is 7.58. The van der Waals surface area contributed by atoms with Crippen molar-refractivity contribution in [3.8, 4) is 10.0 Å². The van der Waals surface area contributed by atoms with Crippen LogP contribution in [0.3, 0.4) is 0 Å². The number of nitriles is 2. The van der Waals surface area contributed by atoms with Crippen molar-refractivity contribution >= 4 is 0 Å². The van der Waals surface area contributed by atoms with E-state index in [2.05, 4.69) is 36.2 Å². The van der Waals surface area contributed by atoms with E-state index in [1.165, 1.54) is 0 Å². The van der Waals surface area contributed by atoms with Gasteiger partial charge in [-0.15, -0.1) is 0 Å². The molecule has 5 heteroatoms. The maximum absolute atomic E-state index is 7.58. The van der Waals surface area contributed by atoms with Crippen molar-refractivity contribution in [2.24, 2.45) is 0 Å². The van der Waals surface area contributed by atoms with Crippen LogP contribution in [0.4, 0.5) is 0 Å². The molecule has 0 atom stereocenters. The number of nitrogens with zero attached hydrogens (tertiary/aromatic N) is 4. The average Bonchev–Trinajstić information content (AvgIpc) is 2.54. The molecule has 4 nitrogen and oxygen atoms in total.